The first kappa shape index (κ1) is 19.0. The molecule has 0 bridgehead atoms. The average molecular weight is 369 g/mol. The zero-order valence-electron chi connectivity index (χ0n) is 16.2. The maximum Gasteiger partial charge on any atom is 0.251 e. The number of anilines is 1. The van der Waals surface area contributed by atoms with E-state index in [0.29, 0.717) is 23.6 Å². The largest absolute Gasteiger partial charge is 0.497 e. The third kappa shape index (κ3) is 4.92. The van der Waals surface area contributed by atoms with Crippen LogP contribution in [-0.2, 0) is 6.54 Å². The normalized spacial score (nSPS) is 14.7. The van der Waals surface area contributed by atoms with Crippen molar-refractivity contribution in [2.75, 3.05) is 52.3 Å². The summed E-state index contributed by atoms with van der Waals surface area (Å²) in [5, 5.41) is 2.95. The second-order valence-corrected chi connectivity index (χ2v) is 6.74. The van der Waals surface area contributed by atoms with Crippen molar-refractivity contribution in [3.05, 3.63) is 53.6 Å². The Balaban J connectivity index is 1.59. The summed E-state index contributed by atoms with van der Waals surface area (Å²) < 4.78 is 10.4. The smallest absolute Gasteiger partial charge is 0.251 e. The van der Waals surface area contributed by atoms with Gasteiger partial charge in [0.25, 0.3) is 5.91 Å². The summed E-state index contributed by atoms with van der Waals surface area (Å²) >= 11 is 0. The molecule has 0 atom stereocenters. The minimum absolute atomic E-state index is 0.157. The van der Waals surface area contributed by atoms with Gasteiger partial charge in [0.05, 0.1) is 14.2 Å². The molecule has 0 saturated carbocycles. The first-order valence-corrected chi connectivity index (χ1v) is 9.13. The number of carbonyl (C=O) groups excluding carboxylic acids is 1. The molecule has 2 aromatic rings. The number of rotatable bonds is 6. The van der Waals surface area contributed by atoms with Crippen LogP contribution in [0.15, 0.2) is 42.5 Å². The fourth-order valence-electron chi connectivity index (χ4n) is 3.11. The molecule has 1 aliphatic rings. The van der Waals surface area contributed by atoms with Gasteiger partial charge in [0.15, 0.2) is 0 Å². The van der Waals surface area contributed by atoms with Crippen LogP contribution in [0, 0.1) is 0 Å². The van der Waals surface area contributed by atoms with Gasteiger partial charge in [-0.15, -0.1) is 0 Å². The van der Waals surface area contributed by atoms with E-state index >= 15 is 0 Å². The number of piperazine rings is 1. The van der Waals surface area contributed by atoms with Crippen molar-refractivity contribution in [2.45, 2.75) is 6.54 Å². The SMILES string of the molecule is COc1cc(OC)cc(C(=O)NCc2ccc(N3CCN(C)CC3)cc2)c1. The number of likely N-dealkylation sites (N-methyl/N-ethyl adjacent to an activating group) is 1. The van der Waals surface area contributed by atoms with E-state index < -0.39 is 0 Å². The van der Waals surface area contributed by atoms with Gasteiger partial charge in [-0.2, -0.15) is 0 Å². The summed E-state index contributed by atoms with van der Waals surface area (Å²) in [7, 11) is 5.29. The van der Waals surface area contributed by atoms with E-state index in [1.807, 2.05) is 0 Å². The van der Waals surface area contributed by atoms with Crippen molar-refractivity contribution >= 4 is 11.6 Å². The van der Waals surface area contributed by atoms with Gasteiger partial charge >= 0.3 is 0 Å². The minimum atomic E-state index is -0.157. The van der Waals surface area contributed by atoms with Crippen LogP contribution < -0.4 is 19.7 Å². The molecular weight excluding hydrogens is 342 g/mol. The highest BCUT2D eigenvalue weighted by Gasteiger charge is 2.14. The zero-order valence-corrected chi connectivity index (χ0v) is 16.2. The van der Waals surface area contributed by atoms with Crippen molar-refractivity contribution < 1.29 is 14.3 Å². The Morgan fingerprint density at radius 1 is 0.963 bits per heavy atom. The molecule has 1 fully saturated rings. The molecule has 3 rings (SSSR count). The molecule has 1 heterocycles. The Kier molecular flexibility index (Phi) is 6.19. The van der Waals surface area contributed by atoms with Gasteiger partial charge in [0.2, 0.25) is 0 Å². The van der Waals surface area contributed by atoms with Crippen LogP contribution in [0.5, 0.6) is 11.5 Å². The zero-order chi connectivity index (χ0) is 19.2. The van der Waals surface area contributed by atoms with E-state index in [9.17, 15) is 4.79 Å². The predicted molar refractivity (Wildman–Crippen MR) is 107 cm³/mol. The van der Waals surface area contributed by atoms with E-state index in [1.165, 1.54) is 5.69 Å². The van der Waals surface area contributed by atoms with Gasteiger partial charge in [0.1, 0.15) is 11.5 Å². The monoisotopic (exact) mass is 369 g/mol. The summed E-state index contributed by atoms with van der Waals surface area (Å²) in [5.41, 5.74) is 2.81. The Morgan fingerprint density at radius 2 is 1.56 bits per heavy atom. The highest BCUT2D eigenvalue weighted by atomic mass is 16.5. The number of carbonyl (C=O) groups is 1. The Hall–Kier alpha value is -2.73. The first-order valence-electron chi connectivity index (χ1n) is 9.13. The Bertz CT molecular complexity index is 746. The minimum Gasteiger partial charge on any atom is -0.497 e. The highest BCUT2D eigenvalue weighted by molar-refractivity contribution is 5.95. The Labute approximate surface area is 160 Å². The molecule has 6 nitrogen and oxygen atoms in total. The lowest BCUT2D eigenvalue weighted by Gasteiger charge is -2.34. The van der Waals surface area contributed by atoms with Gasteiger partial charge in [0, 0.05) is 50.0 Å². The molecule has 0 aromatic heterocycles. The summed E-state index contributed by atoms with van der Waals surface area (Å²) in [5.74, 6) is 1.03. The summed E-state index contributed by atoms with van der Waals surface area (Å²) in [6.45, 7) is 4.74. The lowest BCUT2D eigenvalue weighted by Crippen LogP contribution is -2.44. The van der Waals surface area contributed by atoms with Crippen molar-refractivity contribution in [3.63, 3.8) is 0 Å². The van der Waals surface area contributed by atoms with E-state index in [0.717, 1.165) is 31.7 Å². The fourth-order valence-corrected chi connectivity index (χ4v) is 3.11. The lowest BCUT2D eigenvalue weighted by atomic mass is 10.1. The standard InChI is InChI=1S/C21H27N3O3/c1-23-8-10-24(11-9-23)18-6-4-16(5-7-18)15-22-21(25)17-12-19(26-2)14-20(13-17)27-3/h4-7,12-14H,8-11,15H2,1-3H3,(H,22,25). The molecule has 144 valence electrons. The number of hydrogen-bond donors (Lipinski definition) is 1. The Morgan fingerprint density at radius 3 is 2.11 bits per heavy atom. The average Bonchev–Trinajstić information content (AvgIpc) is 2.72. The van der Waals surface area contributed by atoms with Crippen molar-refractivity contribution in [2.24, 2.45) is 0 Å². The molecule has 1 amide bonds. The van der Waals surface area contributed by atoms with E-state index in [1.54, 1.807) is 32.4 Å². The molecule has 2 aromatic carbocycles. The van der Waals surface area contributed by atoms with Gasteiger partial charge in [-0.1, -0.05) is 12.1 Å². The van der Waals surface area contributed by atoms with Crippen LogP contribution >= 0.6 is 0 Å². The fraction of sp³-hybridized carbons (Fsp3) is 0.381. The summed E-state index contributed by atoms with van der Waals surface area (Å²) in [4.78, 5) is 17.2. The molecule has 1 saturated heterocycles. The molecular formula is C21H27N3O3. The van der Waals surface area contributed by atoms with Crippen LogP contribution in [0.25, 0.3) is 0 Å². The molecule has 6 heteroatoms. The second-order valence-electron chi connectivity index (χ2n) is 6.74. The van der Waals surface area contributed by atoms with Gasteiger partial charge in [-0.25, -0.2) is 0 Å². The van der Waals surface area contributed by atoms with Crippen LogP contribution in [-0.4, -0.2) is 58.3 Å². The van der Waals surface area contributed by atoms with Gasteiger partial charge < -0.3 is 24.6 Å². The van der Waals surface area contributed by atoms with Crippen molar-refractivity contribution in [3.8, 4) is 11.5 Å². The number of nitrogens with zero attached hydrogens (tertiary/aromatic N) is 2. The quantitative estimate of drug-likeness (QED) is 0.847. The predicted octanol–water partition coefficient (Wildman–Crippen LogP) is 2.39. The van der Waals surface area contributed by atoms with Crippen molar-refractivity contribution in [1.29, 1.82) is 0 Å². The van der Waals surface area contributed by atoms with Crippen LogP contribution in [0.2, 0.25) is 0 Å². The maximum atomic E-state index is 12.5. The maximum absolute atomic E-state index is 12.5. The lowest BCUT2D eigenvalue weighted by molar-refractivity contribution is 0.0950. The second kappa shape index (κ2) is 8.77. The van der Waals surface area contributed by atoms with Crippen LogP contribution in [0.4, 0.5) is 5.69 Å². The highest BCUT2D eigenvalue weighted by Crippen LogP contribution is 2.22. The third-order valence-corrected chi connectivity index (χ3v) is 4.87. The number of amides is 1. The third-order valence-electron chi connectivity index (χ3n) is 4.87. The number of nitrogens with one attached hydrogen (secondary N) is 1. The molecule has 0 spiro atoms. The number of methoxy groups -OCH3 is 2. The molecule has 1 N–H and O–H groups in total. The topological polar surface area (TPSA) is 54.0 Å². The van der Waals surface area contributed by atoms with E-state index in [2.05, 4.69) is 46.4 Å². The molecule has 0 unspecified atom stereocenters. The number of ether oxygens (including phenoxy) is 2. The van der Waals surface area contributed by atoms with E-state index in [4.69, 9.17) is 9.47 Å². The van der Waals surface area contributed by atoms with Gasteiger partial charge in [-0.3, -0.25) is 4.79 Å². The van der Waals surface area contributed by atoms with Crippen LogP contribution in [0.1, 0.15) is 15.9 Å². The van der Waals surface area contributed by atoms with Crippen molar-refractivity contribution in [1.82, 2.24) is 10.2 Å². The summed E-state index contributed by atoms with van der Waals surface area (Å²) in [6, 6.07) is 13.5. The molecule has 0 radical (unpaired) electrons. The summed E-state index contributed by atoms with van der Waals surface area (Å²) in [6.07, 6.45) is 0. The first-order chi connectivity index (χ1) is 13.1. The molecule has 0 aliphatic carbocycles. The molecule has 27 heavy (non-hydrogen) atoms. The number of hydrogen-bond acceptors (Lipinski definition) is 5. The van der Waals surface area contributed by atoms with Gasteiger partial charge in [-0.05, 0) is 36.9 Å². The van der Waals surface area contributed by atoms with E-state index in [-0.39, 0.29) is 5.91 Å². The number of benzene rings is 2. The van der Waals surface area contributed by atoms with Crippen LogP contribution in [0.3, 0.4) is 0 Å². The molecule has 1 aliphatic heterocycles.